The van der Waals surface area contributed by atoms with Crippen molar-refractivity contribution in [1.29, 1.82) is 0 Å². The Morgan fingerprint density at radius 3 is 2.04 bits per heavy atom. The van der Waals surface area contributed by atoms with Gasteiger partial charge in [0.15, 0.2) is 0 Å². The molecule has 1 rings (SSSR count). The van der Waals surface area contributed by atoms with Crippen LogP contribution in [0.2, 0.25) is 0 Å². The molecule has 8 amide bonds. The lowest BCUT2D eigenvalue weighted by atomic mass is 9.88. The normalized spacial score (nSPS) is 15.6. The molecule has 3 atom stereocenters. The van der Waals surface area contributed by atoms with Crippen LogP contribution in [0.15, 0.2) is 0 Å². The quantitative estimate of drug-likeness (QED) is 0.0614. The summed E-state index contributed by atoms with van der Waals surface area (Å²) in [4.78, 5) is 101. The molecule has 0 radical (unpaired) electrons. The molecule has 18 heteroatoms. The molecule has 8 N–H and O–H groups in total. The lowest BCUT2D eigenvalue weighted by molar-refractivity contribution is -0.140. The third-order valence-corrected chi connectivity index (χ3v) is 8.06. The molecule has 18 nitrogen and oxygen atoms in total. The molecule has 1 heterocycles. The second-order valence-corrected chi connectivity index (χ2v) is 14.2. The Hall–Kier alpha value is -4.32. The van der Waals surface area contributed by atoms with E-state index in [2.05, 4.69) is 37.2 Å². The van der Waals surface area contributed by atoms with E-state index in [1.54, 1.807) is 27.7 Å². The second kappa shape index (κ2) is 21.1. The van der Waals surface area contributed by atoms with Gasteiger partial charge in [0, 0.05) is 32.2 Å². The molecular formula is C33H58N8O10. The Morgan fingerprint density at radius 1 is 0.804 bits per heavy atom. The molecule has 1 aliphatic heterocycles. The molecule has 0 aromatic heterocycles. The van der Waals surface area contributed by atoms with Crippen molar-refractivity contribution >= 4 is 47.3 Å². The lowest BCUT2D eigenvalue weighted by Crippen LogP contribution is -2.56. The second-order valence-electron chi connectivity index (χ2n) is 14.2. The van der Waals surface area contributed by atoms with E-state index in [1.165, 1.54) is 18.9 Å². The van der Waals surface area contributed by atoms with Gasteiger partial charge < -0.3 is 52.0 Å². The van der Waals surface area contributed by atoms with Gasteiger partial charge in [-0.1, -0.05) is 27.7 Å². The summed E-state index contributed by atoms with van der Waals surface area (Å²) in [6.07, 6.45) is 0.00227. The molecule has 0 bridgehead atoms. The van der Waals surface area contributed by atoms with Gasteiger partial charge in [0.25, 0.3) is 0 Å². The largest absolute Gasteiger partial charge is 0.391 e. The fraction of sp³-hybridized carbons (Fsp3) is 0.758. The van der Waals surface area contributed by atoms with E-state index in [9.17, 15) is 43.5 Å². The summed E-state index contributed by atoms with van der Waals surface area (Å²) < 4.78 is 5.91. The minimum atomic E-state index is -1.45. The van der Waals surface area contributed by atoms with Gasteiger partial charge in [-0.05, 0) is 46.0 Å². The molecule has 0 aromatic rings. The van der Waals surface area contributed by atoms with Crippen molar-refractivity contribution in [1.82, 2.24) is 42.1 Å². The van der Waals surface area contributed by atoms with Crippen LogP contribution in [0.5, 0.6) is 0 Å². The highest BCUT2D eigenvalue weighted by atomic mass is 16.5. The zero-order chi connectivity index (χ0) is 38.9. The van der Waals surface area contributed by atoms with Crippen molar-refractivity contribution in [2.75, 3.05) is 52.9 Å². The van der Waals surface area contributed by atoms with Gasteiger partial charge in [0.1, 0.15) is 12.1 Å². The standard InChI is InChI=1S/C33H58N8O10/c1-20(2)15-35-23(43)14-33(6,7)51-13-11-32(4,5)31(50)39-19-27(47)41-12-9-10-22(41)29(48)37-18-26(46)40-28(21(3)42)30(49)38-17-25(45)36-16-24(44)34-8/h20-22,28,42H,9-19H2,1-8H3,(H,34,44)(H,35,43)(H,36,45)(H,37,48)(H,38,49)(H,39,50)(H,40,46). The highest BCUT2D eigenvalue weighted by Crippen LogP contribution is 2.24. The highest BCUT2D eigenvalue weighted by molar-refractivity contribution is 5.95. The number of amides is 8. The maximum absolute atomic E-state index is 13.0. The van der Waals surface area contributed by atoms with E-state index < -0.39 is 77.7 Å². The molecule has 0 saturated carbocycles. The Bertz CT molecular complexity index is 1250. The number of aliphatic hydroxyl groups excluding tert-OH is 1. The maximum atomic E-state index is 13.0. The first-order chi connectivity index (χ1) is 23.7. The van der Waals surface area contributed by atoms with E-state index in [-0.39, 0.29) is 44.5 Å². The topological polar surface area (TPSA) is 253 Å². The van der Waals surface area contributed by atoms with Crippen LogP contribution < -0.4 is 37.2 Å². The van der Waals surface area contributed by atoms with Crippen LogP contribution in [-0.2, 0) is 43.1 Å². The molecule has 51 heavy (non-hydrogen) atoms. The number of likely N-dealkylation sites (N-methyl/N-ethyl adjacent to an activating group) is 1. The summed E-state index contributed by atoms with van der Waals surface area (Å²) in [5, 5.41) is 27.1. The van der Waals surface area contributed by atoms with Gasteiger partial charge in [0.05, 0.1) is 44.3 Å². The van der Waals surface area contributed by atoms with Crippen LogP contribution in [0.4, 0.5) is 0 Å². The molecule has 1 aliphatic rings. The van der Waals surface area contributed by atoms with E-state index in [1.807, 2.05) is 13.8 Å². The predicted octanol–water partition coefficient (Wildman–Crippen LogP) is -2.57. The number of hydrogen-bond donors (Lipinski definition) is 8. The fourth-order valence-electron chi connectivity index (χ4n) is 4.87. The number of nitrogens with zero attached hydrogens (tertiary/aromatic N) is 1. The first-order valence-corrected chi connectivity index (χ1v) is 17.2. The van der Waals surface area contributed by atoms with Crippen molar-refractivity contribution in [2.45, 2.75) is 97.9 Å². The van der Waals surface area contributed by atoms with Crippen molar-refractivity contribution < 1.29 is 48.2 Å². The molecule has 0 spiro atoms. The van der Waals surface area contributed by atoms with Crippen LogP contribution in [0.3, 0.4) is 0 Å². The Kier molecular flexibility index (Phi) is 18.5. The van der Waals surface area contributed by atoms with Crippen LogP contribution in [0, 0.1) is 11.3 Å². The number of hydrogen-bond acceptors (Lipinski definition) is 10. The Morgan fingerprint density at radius 2 is 1.43 bits per heavy atom. The molecule has 0 aliphatic carbocycles. The first kappa shape index (κ1) is 44.7. The average molecular weight is 727 g/mol. The number of rotatable bonds is 21. The average Bonchev–Trinajstić information content (AvgIpc) is 3.55. The van der Waals surface area contributed by atoms with E-state index in [4.69, 9.17) is 4.74 Å². The van der Waals surface area contributed by atoms with Crippen molar-refractivity contribution in [2.24, 2.45) is 11.3 Å². The molecular weight excluding hydrogens is 668 g/mol. The van der Waals surface area contributed by atoms with Crippen molar-refractivity contribution in [3.05, 3.63) is 0 Å². The summed E-state index contributed by atoms with van der Waals surface area (Å²) in [6.45, 7) is 11.6. The highest BCUT2D eigenvalue weighted by Gasteiger charge is 2.36. The first-order valence-electron chi connectivity index (χ1n) is 17.2. The predicted molar refractivity (Wildman–Crippen MR) is 185 cm³/mol. The van der Waals surface area contributed by atoms with E-state index in [0.717, 1.165) is 0 Å². The lowest BCUT2D eigenvalue weighted by Gasteiger charge is -2.29. The zero-order valence-electron chi connectivity index (χ0n) is 31.2. The smallest absolute Gasteiger partial charge is 0.245 e. The van der Waals surface area contributed by atoms with Crippen molar-refractivity contribution in [3.8, 4) is 0 Å². The molecule has 1 saturated heterocycles. The minimum absolute atomic E-state index is 0.118. The van der Waals surface area contributed by atoms with Crippen LogP contribution in [0.25, 0.3) is 0 Å². The maximum Gasteiger partial charge on any atom is 0.245 e. The number of carbonyl (C=O) groups is 8. The van der Waals surface area contributed by atoms with Crippen molar-refractivity contribution in [3.63, 3.8) is 0 Å². The number of aliphatic hydroxyl groups is 1. The summed E-state index contributed by atoms with van der Waals surface area (Å²) in [5.41, 5.74) is -1.63. The molecule has 3 unspecified atom stereocenters. The summed E-state index contributed by atoms with van der Waals surface area (Å²) in [7, 11) is 1.39. The van der Waals surface area contributed by atoms with Gasteiger partial charge >= 0.3 is 0 Å². The fourth-order valence-corrected chi connectivity index (χ4v) is 4.87. The van der Waals surface area contributed by atoms with Crippen LogP contribution in [-0.4, -0.2) is 134 Å². The SMILES string of the molecule is CNC(=O)CNC(=O)CNC(=O)C(NC(=O)CNC(=O)C1CCCN1C(=O)CNC(=O)C(C)(C)CCOC(C)(C)CC(=O)NCC(C)C)C(C)O. The third-order valence-electron chi connectivity index (χ3n) is 8.06. The molecule has 0 aromatic carbocycles. The molecule has 1 fully saturated rings. The summed E-state index contributed by atoms with van der Waals surface area (Å²) in [6, 6.07) is -2.33. The van der Waals surface area contributed by atoms with E-state index >= 15 is 0 Å². The van der Waals surface area contributed by atoms with Gasteiger partial charge in [-0.3, -0.25) is 38.4 Å². The van der Waals surface area contributed by atoms with Gasteiger partial charge in [-0.15, -0.1) is 0 Å². The number of ether oxygens (including phenoxy) is 1. The van der Waals surface area contributed by atoms with Crippen LogP contribution >= 0.6 is 0 Å². The molecule has 290 valence electrons. The summed E-state index contributed by atoms with van der Waals surface area (Å²) >= 11 is 0. The minimum Gasteiger partial charge on any atom is -0.391 e. The number of carbonyl (C=O) groups excluding carboxylic acids is 8. The van der Waals surface area contributed by atoms with Crippen LogP contribution in [0.1, 0.15) is 74.1 Å². The summed E-state index contributed by atoms with van der Waals surface area (Å²) in [5.74, 6) is -4.04. The third kappa shape index (κ3) is 17.0. The number of likely N-dealkylation sites (tertiary alicyclic amines) is 1. The zero-order valence-corrected chi connectivity index (χ0v) is 31.2. The van der Waals surface area contributed by atoms with E-state index in [0.29, 0.717) is 31.7 Å². The van der Waals surface area contributed by atoms with Gasteiger partial charge in [0.2, 0.25) is 47.3 Å². The number of nitrogens with one attached hydrogen (secondary N) is 7. The monoisotopic (exact) mass is 726 g/mol. The van der Waals surface area contributed by atoms with Gasteiger partial charge in [-0.2, -0.15) is 0 Å². The van der Waals surface area contributed by atoms with Gasteiger partial charge in [-0.25, -0.2) is 0 Å². The Balaban J connectivity index is 2.57. The Labute approximate surface area is 299 Å².